The van der Waals surface area contributed by atoms with Crippen molar-refractivity contribution in [2.45, 2.75) is 13.0 Å². The molecule has 72 valence electrons. The molecule has 1 aliphatic heterocycles. The molecule has 3 N–H and O–H groups in total. The first-order valence-corrected chi connectivity index (χ1v) is 4.64. The highest BCUT2D eigenvalue weighted by atomic mass is 32.2. The first-order valence-electron chi connectivity index (χ1n) is 3.81. The highest BCUT2D eigenvalue weighted by Gasteiger charge is 2.19. The van der Waals surface area contributed by atoms with E-state index < -0.39 is 18.0 Å². The van der Waals surface area contributed by atoms with Crippen LogP contribution in [0.15, 0.2) is 11.5 Å². The number of nitrogens with one attached hydrogen (secondary N) is 1. The second-order valence-electron chi connectivity index (χ2n) is 2.62. The minimum absolute atomic E-state index is 0.419. The Hall–Kier alpha value is -1.01. The number of nitrogens with two attached hydrogens (primary N) is 1. The van der Waals surface area contributed by atoms with Gasteiger partial charge in [-0.1, -0.05) is 6.08 Å². The summed E-state index contributed by atoms with van der Waals surface area (Å²) in [5, 5.41) is 3.97. The molecule has 0 aliphatic carbocycles. The Balaban J connectivity index is 2.37. The predicted molar refractivity (Wildman–Crippen MR) is 50.6 cm³/mol. The maximum absolute atomic E-state index is 11.2. The summed E-state index contributed by atoms with van der Waals surface area (Å²) in [6.45, 7) is 2.04. The molecule has 0 saturated heterocycles. The van der Waals surface area contributed by atoms with Gasteiger partial charge in [0.05, 0.1) is 12.6 Å². The Bertz CT molecular complexity index is 244. The second-order valence-corrected chi connectivity index (χ2v) is 3.55. The fourth-order valence-corrected chi connectivity index (χ4v) is 1.34. The van der Waals surface area contributed by atoms with Gasteiger partial charge in [0.15, 0.2) is 0 Å². The van der Waals surface area contributed by atoms with Crippen molar-refractivity contribution in [1.82, 2.24) is 9.62 Å². The molecule has 0 aromatic carbocycles. The first-order chi connectivity index (χ1) is 6.11. The molecule has 5 nitrogen and oxygen atoms in total. The van der Waals surface area contributed by atoms with Crippen LogP contribution in [0.25, 0.3) is 0 Å². The van der Waals surface area contributed by atoms with E-state index in [1.807, 2.05) is 6.08 Å². The van der Waals surface area contributed by atoms with Gasteiger partial charge in [0, 0.05) is 0 Å². The van der Waals surface area contributed by atoms with Crippen molar-refractivity contribution < 1.29 is 9.59 Å². The molecule has 1 atom stereocenters. The van der Waals surface area contributed by atoms with E-state index in [4.69, 9.17) is 5.73 Å². The second kappa shape index (κ2) is 4.29. The van der Waals surface area contributed by atoms with Crippen LogP contribution in [-0.2, 0) is 4.79 Å². The molecular formula is C7H11N3O2S. The van der Waals surface area contributed by atoms with E-state index in [1.54, 1.807) is 5.41 Å². The van der Waals surface area contributed by atoms with Crippen LogP contribution in [0.5, 0.6) is 0 Å². The van der Waals surface area contributed by atoms with Crippen LogP contribution < -0.4 is 11.1 Å². The lowest BCUT2D eigenvalue weighted by atomic mass is 10.3. The Kier molecular flexibility index (Phi) is 3.32. The molecule has 0 bridgehead atoms. The van der Waals surface area contributed by atoms with Crippen LogP contribution >= 0.6 is 11.9 Å². The van der Waals surface area contributed by atoms with Crippen LogP contribution in [0.4, 0.5) is 4.79 Å². The van der Waals surface area contributed by atoms with Crippen molar-refractivity contribution in [1.29, 1.82) is 0 Å². The number of amides is 3. The molecule has 0 aromatic rings. The van der Waals surface area contributed by atoms with Gasteiger partial charge in [-0.25, -0.2) is 4.79 Å². The summed E-state index contributed by atoms with van der Waals surface area (Å²) in [6, 6.07) is -1.08. The summed E-state index contributed by atoms with van der Waals surface area (Å²) >= 11 is 1.25. The van der Waals surface area contributed by atoms with Crippen LogP contribution in [0, 0.1) is 0 Å². The molecule has 0 unspecified atom stereocenters. The number of rotatable bonds is 1. The summed E-state index contributed by atoms with van der Waals surface area (Å²) in [7, 11) is 0. The molecule has 3 amide bonds. The zero-order chi connectivity index (χ0) is 9.84. The molecule has 0 spiro atoms. The summed E-state index contributed by atoms with van der Waals surface area (Å²) < 4.78 is 1.43. The number of carbonyl (C=O) groups is 2. The average molecular weight is 201 g/mol. The van der Waals surface area contributed by atoms with Gasteiger partial charge in [-0.2, -0.15) is 0 Å². The van der Waals surface area contributed by atoms with Crippen molar-refractivity contribution in [2.24, 2.45) is 5.73 Å². The number of carbonyl (C=O) groups excluding carboxylic acids is 2. The molecule has 1 aliphatic rings. The van der Waals surface area contributed by atoms with Crippen LogP contribution in [0.1, 0.15) is 6.92 Å². The highest BCUT2D eigenvalue weighted by Crippen LogP contribution is 2.17. The van der Waals surface area contributed by atoms with Crippen LogP contribution in [-0.4, -0.2) is 28.8 Å². The van der Waals surface area contributed by atoms with E-state index in [0.717, 1.165) is 0 Å². The fraction of sp³-hybridized carbons (Fsp3) is 0.429. The maximum Gasteiger partial charge on any atom is 0.334 e. The zero-order valence-corrected chi connectivity index (χ0v) is 8.00. The number of imide groups is 1. The molecule has 13 heavy (non-hydrogen) atoms. The molecule has 1 rings (SSSR count). The monoisotopic (exact) mass is 201 g/mol. The van der Waals surface area contributed by atoms with Gasteiger partial charge >= 0.3 is 6.03 Å². The predicted octanol–water partition coefficient (Wildman–Crippen LogP) is 0.0473. The lowest BCUT2D eigenvalue weighted by molar-refractivity contribution is -0.120. The first kappa shape index (κ1) is 10.1. The van der Waals surface area contributed by atoms with E-state index in [0.29, 0.717) is 6.54 Å². The van der Waals surface area contributed by atoms with Gasteiger partial charge < -0.3 is 5.73 Å². The van der Waals surface area contributed by atoms with Crippen molar-refractivity contribution in [2.75, 3.05) is 6.54 Å². The van der Waals surface area contributed by atoms with Crippen molar-refractivity contribution in [3.05, 3.63) is 11.5 Å². The lowest BCUT2D eigenvalue weighted by Crippen LogP contribution is -2.45. The summed E-state index contributed by atoms with van der Waals surface area (Å²) in [6.07, 6.45) is 1.83. The molecule has 0 saturated carbocycles. The number of hydrogen-bond acceptors (Lipinski definition) is 4. The minimum atomic E-state index is -0.662. The highest BCUT2D eigenvalue weighted by molar-refractivity contribution is 8.00. The normalized spacial score (nSPS) is 17.2. The third-order valence-electron chi connectivity index (χ3n) is 1.43. The average Bonchev–Trinajstić information content (AvgIpc) is 2.55. The van der Waals surface area contributed by atoms with E-state index >= 15 is 0 Å². The molecule has 0 radical (unpaired) electrons. The maximum atomic E-state index is 11.2. The fourth-order valence-electron chi connectivity index (χ4n) is 0.711. The van der Waals surface area contributed by atoms with Crippen molar-refractivity contribution in [3.63, 3.8) is 0 Å². The van der Waals surface area contributed by atoms with E-state index in [-0.39, 0.29) is 0 Å². The molecule has 0 fully saturated rings. The van der Waals surface area contributed by atoms with Crippen molar-refractivity contribution in [3.8, 4) is 0 Å². The lowest BCUT2D eigenvalue weighted by Gasteiger charge is -2.14. The Morgan fingerprint density at radius 1 is 1.69 bits per heavy atom. The third-order valence-corrected chi connectivity index (χ3v) is 2.31. The minimum Gasteiger partial charge on any atom is -0.320 e. The summed E-state index contributed by atoms with van der Waals surface area (Å²) in [5.74, 6) is -0.461. The summed E-state index contributed by atoms with van der Waals surface area (Å²) in [5.41, 5.74) is 5.28. The van der Waals surface area contributed by atoms with Gasteiger partial charge in [0.1, 0.15) is 0 Å². The number of urea groups is 1. The van der Waals surface area contributed by atoms with Crippen molar-refractivity contribution >= 4 is 23.9 Å². The van der Waals surface area contributed by atoms with Gasteiger partial charge in [-0.05, 0) is 24.3 Å². The van der Waals surface area contributed by atoms with Gasteiger partial charge in [-0.15, -0.1) is 0 Å². The van der Waals surface area contributed by atoms with E-state index in [1.165, 1.54) is 23.2 Å². The smallest absolute Gasteiger partial charge is 0.320 e. The Labute approximate surface area is 80.5 Å². The third kappa shape index (κ3) is 2.74. The SMILES string of the molecule is C[C@@H](N)C(=O)NC(=O)N1CC=CS1. The van der Waals surface area contributed by atoms with Gasteiger partial charge in [-0.3, -0.25) is 14.4 Å². The zero-order valence-electron chi connectivity index (χ0n) is 7.19. The standard InChI is InChI=1S/C7H11N3O2S/c1-5(8)6(11)9-7(12)10-3-2-4-13-10/h2,4-5H,3,8H2,1H3,(H,9,11,12)/t5-/m1/s1. The Morgan fingerprint density at radius 2 is 2.38 bits per heavy atom. The summed E-state index contributed by atoms with van der Waals surface area (Å²) in [4.78, 5) is 22.2. The number of nitrogens with zero attached hydrogens (tertiary/aromatic N) is 1. The van der Waals surface area contributed by atoms with E-state index in [9.17, 15) is 9.59 Å². The molecular weight excluding hydrogens is 190 g/mol. The van der Waals surface area contributed by atoms with Crippen LogP contribution in [0.2, 0.25) is 0 Å². The largest absolute Gasteiger partial charge is 0.334 e. The molecule has 1 heterocycles. The van der Waals surface area contributed by atoms with Crippen LogP contribution in [0.3, 0.4) is 0 Å². The quantitative estimate of drug-likeness (QED) is 0.588. The topological polar surface area (TPSA) is 75.4 Å². The van der Waals surface area contributed by atoms with E-state index in [2.05, 4.69) is 5.32 Å². The van der Waals surface area contributed by atoms with Gasteiger partial charge in [0.2, 0.25) is 5.91 Å². The molecule has 6 heteroatoms. The Morgan fingerprint density at radius 3 is 2.85 bits per heavy atom. The molecule has 0 aromatic heterocycles. The number of hydrogen-bond donors (Lipinski definition) is 2. The van der Waals surface area contributed by atoms with Gasteiger partial charge in [0.25, 0.3) is 0 Å².